The molecule has 2 atom stereocenters. The highest BCUT2D eigenvalue weighted by Gasteiger charge is 2.30. The van der Waals surface area contributed by atoms with Gasteiger partial charge in [-0.25, -0.2) is 0 Å². The first-order chi connectivity index (χ1) is 9.00. The highest BCUT2D eigenvalue weighted by Crippen LogP contribution is 2.27. The van der Waals surface area contributed by atoms with Gasteiger partial charge in [0.25, 0.3) is 5.91 Å². The standard InChI is InChI=1S/C14H19ClN2O2/c1-9-7-13(18)10(8-16-9)14(19)17(2)12-6-4-3-5-11(12)15/h7-8,11-12H,3-6H2,1-2H3,(H,16,18). The van der Waals surface area contributed by atoms with Crippen LogP contribution in [-0.4, -0.2) is 34.3 Å². The summed E-state index contributed by atoms with van der Waals surface area (Å²) in [7, 11) is 1.73. The monoisotopic (exact) mass is 282 g/mol. The zero-order chi connectivity index (χ0) is 14.0. The molecule has 0 aromatic carbocycles. The number of nitrogens with one attached hydrogen (secondary N) is 1. The fourth-order valence-electron chi connectivity index (χ4n) is 2.58. The number of aromatic amines is 1. The van der Waals surface area contributed by atoms with Crippen molar-refractivity contribution < 1.29 is 4.79 Å². The van der Waals surface area contributed by atoms with Crippen LogP contribution in [0.2, 0.25) is 0 Å². The number of aryl methyl sites for hydroxylation is 1. The molecule has 2 rings (SSSR count). The van der Waals surface area contributed by atoms with Crippen LogP contribution in [0.1, 0.15) is 41.7 Å². The van der Waals surface area contributed by atoms with Crippen LogP contribution < -0.4 is 5.43 Å². The largest absolute Gasteiger partial charge is 0.364 e. The van der Waals surface area contributed by atoms with Crippen LogP contribution in [0.15, 0.2) is 17.1 Å². The van der Waals surface area contributed by atoms with E-state index in [-0.39, 0.29) is 28.3 Å². The number of rotatable bonds is 2. The second kappa shape index (κ2) is 5.78. The zero-order valence-corrected chi connectivity index (χ0v) is 12.0. The fraction of sp³-hybridized carbons (Fsp3) is 0.571. The second-order valence-electron chi connectivity index (χ2n) is 5.18. The van der Waals surface area contributed by atoms with Gasteiger partial charge in [-0.15, -0.1) is 11.6 Å². The van der Waals surface area contributed by atoms with Crippen molar-refractivity contribution in [3.8, 4) is 0 Å². The SMILES string of the molecule is Cc1cc(=O)c(C(=O)N(C)C2CCCCC2Cl)c[nH]1. The molecular weight excluding hydrogens is 264 g/mol. The number of halogens is 1. The van der Waals surface area contributed by atoms with Gasteiger partial charge in [-0.2, -0.15) is 0 Å². The molecule has 0 spiro atoms. The molecule has 1 aromatic heterocycles. The van der Waals surface area contributed by atoms with E-state index in [1.807, 2.05) is 0 Å². The fourth-order valence-corrected chi connectivity index (χ4v) is 3.03. The Kier molecular flexibility index (Phi) is 4.30. The Morgan fingerprint density at radius 3 is 2.74 bits per heavy atom. The minimum Gasteiger partial charge on any atom is -0.364 e. The van der Waals surface area contributed by atoms with Crippen LogP contribution >= 0.6 is 11.6 Å². The van der Waals surface area contributed by atoms with E-state index in [1.54, 1.807) is 18.9 Å². The summed E-state index contributed by atoms with van der Waals surface area (Å²) in [5, 5.41) is -0.0211. The van der Waals surface area contributed by atoms with Crippen molar-refractivity contribution in [2.75, 3.05) is 7.05 Å². The third kappa shape index (κ3) is 3.00. The summed E-state index contributed by atoms with van der Waals surface area (Å²) in [6.45, 7) is 1.79. The van der Waals surface area contributed by atoms with E-state index >= 15 is 0 Å². The predicted octanol–water partition coefficient (Wildman–Crippen LogP) is 2.31. The van der Waals surface area contributed by atoms with E-state index in [9.17, 15) is 9.59 Å². The smallest absolute Gasteiger partial charge is 0.259 e. The average Bonchev–Trinajstić information content (AvgIpc) is 2.38. The summed E-state index contributed by atoms with van der Waals surface area (Å²) in [5.41, 5.74) is 0.690. The lowest BCUT2D eigenvalue weighted by Crippen LogP contribution is -2.45. The quantitative estimate of drug-likeness (QED) is 0.846. The minimum atomic E-state index is -0.251. The molecule has 1 aliphatic carbocycles. The number of carbonyl (C=O) groups excluding carboxylic acids is 1. The van der Waals surface area contributed by atoms with Crippen molar-refractivity contribution in [1.29, 1.82) is 0 Å². The number of nitrogens with zero attached hydrogens (tertiary/aromatic N) is 1. The second-order valence-corrected chi connectivity index (χ2v) is 5.74. The first-order valence-corrected chi connectivity index (χ1v) is 7.05. The topological polar surface area (TPSA) is 53.2 Å². The summed E-state index contributed by atoms with van der Waals surface area (Å²) < 4.78 is 0. The average molecular weight is 283 g/mol. The van der Waals surface area contributed by atoms with Gasteiger partial charge in [0.15, 0.2) is 5.43 Å². The lowest BCUT2D eigenvalue weighted by atomic mass is 9.93. The van der Waals surface area contributed by atoms with E-state index in [0.717, 1.165) is 31.4 Å². The molecule has 0 saturated heterocycles. The van der Waals surface area contributed by atoms with Crippen LogP contribution in [0.4, 0.5) is 0 Å². The van der Waals surface area contributed by atoms with Gasteiger partial charge in [-0.05, 0) is 19.8 Å². The lowest BCUT2D eigenvalue weighted by Gasteiger charge is -2.34. The van der Waals surface area contributed by atoms with E-state index in [1.165, 1.54) is 12.3 Å². The molecule has 1 heterocycles. The summed E-state index contributed by atoms with van der Waals surface area (Å²) >= 11 is 6.29. The maximum Gasteiger partial charge on any atom is 0.259 e. The number of alkyl halides is 1. The number of pyridine rings is 1. The Balaban J connectivity index is 2.20. The predicted molar refractivity (Wildman–Crippen MR) is 75.8 cm³/mol. The summed E-state index contributed by atoms with van der Waals surface area (Å²) in [4.78, 5) is 28.8. The molecule has 0 radical (unpaired) electrons. The summed E-state index contributed by atoms with van der Waals surface area (Å²) in [6, 6.07) is 1.46. The Morgan fingerprint density at radius 1 is 1.42 bits per heavy atom. The summed E-state index contributed by atoms with van der Waals surface area (Å²) in [5.74, 6) is -0.251. The Hall–Kier alpha value is -1.29. The normalized spacial score (nSPS) is 23.1. The Morgan fingerprint density at radius 2 is 2.11 bits per heavy atom. The molecule has 4 nitrogen and oxygen atoms in total. The van der Waals surface area contributed by atoms with Crippen molar-refractivity contribution >= 4 is 17.5 Å². The molecule has 0 bridgehead atoms. The third-order valence-electron chi connectivity index (χ3n) is 3.75. The zero-order valence-electron chi connectivity index (χ0n) is 11.3. The minimum absolute atomic E-state index is 0.0172. The molecule has 1 aromatic rings. The molecule has 104 valence electrons. The van der Waals surface area contributed by atoms with Crippen LogP contribution in [0, 0.1) is 6.92 Å². The number of amides is 1. The molecule has 1 aliphatic rings. The number of hydrogen-bond donors (Lipinski definition) is 1. The van der Waals surface area contributed by atoms with E-state index in [0.29, 0.717) is 0 Å². The number of aromatic nitrogens is 1. The molecule has 1 saturated carbocycles. The first kappa shape index (κ1) is 14.1. The highest BCUT2D eigenvalue weighted by molar-refractivity contribution is 6.21. The maximum atomic E-state index is 12.4. The van der Waals surface area contributed by atoms with Gasteiger partial charge in [0.05, 0.1) is 5.38 Å². The van der Waals surface area contributed by atoms with E-state index < -0.39 is 0 Å². The van der Waals surface area contributed by atoms with Gasteiger partial charge in [-0.3, -0.25) is 9.59 Å². The molecule has 1 amide bonds. The van der Waals surface area contributed by atoms with Gasteiger partial charge in [0.1, 0.15) is 5.56 Å². The van der Waals surface area contributed by atoms with Crippen molar-refractivity contribution in [1.82, 2.24) is 9.88 Å². The number of H-pyrrole nitrogens is 1. The van der Waals surface area contributed by atoms with Crippen LogP contribution in [0.5, 0.6) is 0 Å². The lowest BCUT2D eigenvalue weighted by molar-refractivity contribution is 0.0698. The van der Waals surface area contributed by atoms with E-state index in [2.05, 4.69) is 4.98 Å². The van der Waals surface area contributed by atoms with Crippen molar-refractivity contribution in [3.63, 3.8) is 0 Å². The molecule has 19 heavy (non-hydrogen) atoms. The molecule has 1 fully saturated rings. The third-order valence-corrected chi connectivity index (χ3v) is 4.26. The van der Waals surface area contributed by atoms with Crippen molar-refractivity contribution in [2.24, 2.45) is 0 Å². The maximum absolute atomic E-state index is 12.4. The van der Waals surface area contributed by atoms with Gasteiger partial charge in [0.2, 0.25) is 0 Å². The molecule has 1 N–H and O–H groups in total. The number of hydrogen-bond acceptors (Lipinski definition) is 2. The Labute approximate surface area is 117 Å². The van der Waals surface area contributed by atoms with Crippen molar-refractivity contribution in [3.05, 3.63) is 33.7 Å². The van der Waals surface area contributed by atoms with Crippen LogP contribution in [-0.2, 0) is 0 Å². The van der Waals surface area contributed by atoms with Gasteiger partial charge in [-0.1, -0.05) is 12.8 Å². The summed E-state index contributed by atoms with van der Waals surface area (Å²) in [6.07, 6.45) is 5.50. The Bertz CT molecular complexity index is 526. The molecule has 2 unspecified atom stereocenters. The van der Waals surface area contributed by atoms with Gasteiger partial charge < -0.3 is 9.88 Å². The van der Waals surface area contributed by atoms with Gasteiger partial charge in [0, 0.05) is 31.0 Å². The van der Waals surface area contributed by atoms with Crippen LogP contribution in [0.25, 0.3) is 0 Å². The van der Waals surface area contributed by atoms with Crippen molar-refractivity contribution in [2.45, 2.75) is 44.0 Å². The van der Waals surface area contributed by atoms with E-state index in [4.69, 9.17) is 11.6 Å². The molecular formula is C14H19ClN2O2. The van der Waals surface area contributed by atoms with Gasteiger partial charge >= 0.3 is 0 Å². The molecule has 5 heteroatoms. The number of carbonyl (C=O) groups is 1. The first-order valence-electron chi connectivity index (χ1n) is 6.61. The highest BCUT2D eigenvalue weighted by atomic mass is 35.5. The van der Waals surface area contributed by atoms with Crippen LogP contribution in [0.3, 0.4) is 0 Å². The molecule has 0 aliphatic heterocycles.